The van der Waals surface area contributed by atoms with Crippen LogP contribution in [0.25, 0.3) is 0 Å². The van der Waals surface area contributed by atoms with Crippen LogP contribution >= 0.6 is 0 Å². The third-order valence-corrected chi connectivity index (χ3v) is 2.98. The number of aliphatic carboxylic acids is 1. The lowest BCUT2D eigenvalue weighted by Gasteiger charge is -2.30. The van der Waals surface area contributed by atoms with E-state index in [0.717, 1.165) is 6.07 Å². The largest absolute Gasteiger partial charge is 0.480 e. The van der Waals surface area contributed by atoms with Gasteiger partial charge < -0.3 is 15.7 Å². The number of nitrogens with two attached hydrogens (primary N) is 1. The van der Waals surface area contributed by atoms with Crippen LogP contribution in [0.2, 0.25) is 0 Å². The predicted octanol–water partition coefficient (Wildman–Crippen LogP) is 1.61. The average Bonchev–Trinajstić information content (AvgIpc) is 2.34. The summed E-state index contributed by atoms with van der Waals surface area (Å²) in [5.41, 5.74) is 5.11. The second-order valence-electron chi connectivity index (χ2n) is 4.28. The Balaban J connectivity index is 3.33. The molecule has 1 rings (SSSR count). The molecule has 0 aliphatic carbocycles. The topological polar surface area (TPSA) is 83.6 Å². The smallest absolute Gasteiger partial charge is 0.323 e. The number of carbonyl (C=O) groups is 2. The van der Waals surface area contributed by atoms with E-state index < -0.39 is 17.7 Å². The lowest BCUT2D eigenvalue weighted by Crippen LogP contribution is -2.38. The number of carboxylic acid groups (broad SMARTS) is 1. The van der Waals surface area contributed by atoms with Crippen molar-refractivity contribution in [3.63, 3.8) is 0 Å². The molecule has 104 valence electrons. The van der Waals surface area contributed by atoms with Gasteiger partial charge in [0.1, 0.15) is 12.4 Å². The highest BCUT2D eigenvalue weighted by Gasteiger charge is 2.23. The Kier molecular flexibility index (Phi) is 4.86. The minimum absolute atomic E-state index is 0.156. The summed E-state index contributed by atoms with van der Waals surface area (Å²) >= 11 is 0. The molecule has 1 aromatic rings. The van der Waals surface area contributed by atoms with E-state index in [2.05, 4.69) is 0 Å². The summed E-state index contributed by atoms with van der Waals surface area (Å²) in [6.07, 6.45) is 0.655. The molecule has 1 atom stereocenters. The van der Waals surface area contributed by atoms with Gasteiger partial charge in [-0.3, -0.25) is 9.59 Å². The maximum absolute atomic E-state index is 13.7. The zero-order chi connectivity index (χ0) is 14.6. The molecule has 0 aliphatic heterocycles. The van der Waals surface area contributed by atoms with Crippen LogP contribution in [-0.4, -0.2) is 29.6 Å². The maximum atomic E-state index is 13.7. The number of rotatable bonds is 6. The van der Waals surface area contributed by atoms with Crippen LogP contribution in [0.4, 0.5) is 10.1 Å². The van der Waals surface area contributed by atoms with Crippen molar-refractivity contribution in [1.82, 2.24) is 0 Å². The van der Waals surface area contributed by atoms with E-state index in [9.17, 15) is 14.0 Å². The lowest BCUT2D eigenvalue weighted by molar-refractivity contribution is -0.135. The molecule has 0 heterocycles. The third-order valence-electron chi connectivity index (χ3n) is 2.98. The van der Waals surface area contributed by atoms with Crippen molar-refractivity contribution in [3.05, 3.63) is 29.6 Å². The first-order valence-corrected chi connectivity index (χ1v) is 5.95. The minimum Gasteiger partial charge on any atom is -0.480 e. The molecule has 5 nitrogen and oxygen atoms in total. The van der Waals surface area contributed by atoms with Crippen molar-refractivity contribution >= 4 is 17.6 Å². The minimum atomic E-state index is -1.06. The maximum Gasteiger partial charge on any atom is 0.323 e. The van der Waals surface area contributed by atoms with Gasteiger partial charge in [-0.05, 0) is 25.5 Å². The summed E-state index contributed by atoms with van der Waals surface area (Å²) in [7, 11) is 0. The molecular weight excluding hydrogens is 251 g/mol. The molecule has 0 bridgehead atoms. The van der Waals surface area contributed by atoms with E-state index in [4.69, 9.17) is 10.8 Å². The first-order valence-electron chi connectivity index (χ1n) is 5.95. The Bertz CT molecular complexity index is 491. The Morgan fingerprint density at radius 2 is 2.11 bits per heavy atom. The number of benzene rings is 1. The average molecular weight is 268 g/mol. The van der Waals surface area contributed by atoms with E-state index in [1.165, 1.54) is 17.0 Å². The molecule has 0 saturated carbocycles. The van der Waals surface area contributed by atoms with Crippen molar-refractivity contribution in [2.45, 2.75) is 26.3 Å². The first kappa shape index (κ1) is 14.9. The molecule has 1 unspecified atom stereocenters. The van der Waals surface area contributed by atoms with Crippen molar-refractivity contribution in [2.24, 2.45) is 5.73 Å². The van der Waals surface area contributed by atoms with Crippen molar-refractivity contribution in [3.8, 4) is 0 Å². The lowest BCUT2D eigenvalue weighted by atomic mass is 10.1. The number of nitrogens with zero attached hydrogens (tertiary/aromatic N) is 1. The second-order valence-corrected chi connectivity index (χ2v) is 4.28. The summed E-state index contributed by atoms with van der Waals surface area (Å²) < 4.78 is 13.7. The van der Waals surface area contributed by atoms with E-state index >= 15 is 0 Å². The van der Waals surface area contributed by atoms with E-state index in [1.54, 1.807) is 6.92 Å². The Hall–Kier alpha value is -2.11. The van der Waals surface area contributed by atoms with E-state index in [0.29, 0.717) is 6.42 Å². The van der Waals surface area contributed by atoms with Crippen LogP contribution in [-0.2, 0) is 4.79 Å². The molecule has 0 radical (unpaired) electrons. The fourth-order valence-electron chi connectivity index (χ4n) is 1.84. The van der Waals surface area contributed by atoms with Gasteiger partial charge >= 0.3 is 5.97 Å². The number of carboxylic acids is 1. The van der Waals surface area contributed by atoms with Crippen LogP contribution in [0.15, 0.2) is 18.2 Å². The second kappa shape index (κ2) is 6.17. The third kappa shape index (κ3) is 3.43. The fraction of sp³-hybridized carbons (Fsp3) is 0.385. The van der Waals surface area contributed by atoms with Crippen LogP contribution in [0.5, 0.6) is 0 Å². The van der Waals surface area contributed by atoms with E-state index in [-0.39, 0.29) is 23.8 Å². The van der Waals surface area contributed by atoms with Gasteiger partial charge in [0.05, 0.1) is 11.3 Å². The van der Waals surface area contributed by atoms with Crippen LogP contribution in [0.3, 0.4) is 0 Å². The van der Waals surface area contributed by atoms with Crippen molar-refractivity contribution in [1.29, 1.82) is 0 Å². The van der Waals surface area contributed by atoms with Gasteiger partial charge in [0.2, 0.25) is 0 Å². The van der Waals surface area contributed by atoms with Crippen molar-refractivity contribution in [2.75, 3.05) is 11.4 Å². The highest BCUT2D eigenvalue weighted by molar-refractivity contribution is 5.99. The number of carbonyl (C=O) groups excluding carboxylic acids is 1. The van der Waals surface area contributed by atoms with Gasteiger partial charge in [-0.25, -0.2) is 4.39 Å². The SMILES string of the molecule is CCC(C)N(CC(=O)O)c1cccc(F)c1C(N)=O. The fourth-order valence-corrected chi connectivity index (χ4v) is 1.84. The highest BCUT2D eigenvalue weighted by Crippen LogP contribution is 2.25. The first-order chi connectivity index (χ1) is 8.88. The molecule has 0 aliphatic rings. The summed E-state index contributed by atoms with van der Waals surface area (Å²) in [5, 5.41) is 8.94. The Labute approximate surface area is 110 Å². The summed E-state index contributed by atoms with van der Waals surface area (Å²) in [4.78, 5) is 23.7. The Morgan fingerprint density at radius 3 is 2.58 bits per heavy atom. The number of anilines is 1. The van der Waals surface area contributed by atoms with Crippen LogP contribution in [0.1, 0.15) is 30.6 Å². The van der Waals surface area contributed by atoms with Gasteiger partial charge in [0.25, 0.3) is 5.91 Å². The summed E-state index contributed by atoms with van der Waals surface area (Å²) in [5.74, 6) is -2.71. The zero-order valence-corrected chi connectivity index (χ0v) is 10.9. The van der Waals surface area contributed by atoms with Crippen LogP contribution < -0.4 is 10.6 Å². The molecule has 0 spiro atoms. The number of amides is 1. The molecular formula is C13H17FN2O3. The van der Waals surface area contributed by atoms with Gasteiger partial charge in [-0.1, -0.05) is 13.0 Å². The van der Waals surface area contributed by atoms with Crippen LogP contribution in [0, 0.1) is 5.82 Å². The summed E-state index contributed by atoms with van der Waals surface area (Å²) in [6, 6.07) is 3.89. The predicted molar refractivity (Wildman–Crippen MR) is 69.7 cm³/mol. The molecule has 1 amide bonds. The number of hydrogen-bond acceptors (Lipinski definition) is 3. The zero-order valence-electron chi connectivity index (χ0n) is 10.9. The number of halogens is 1. The molecule has 1 aromatic carbocycles. The standard InChI is InChI=1S/C13H17FN2O3/c1-3-8(2)16(7-11(17)18)10-6-4-5-9(14)12(10)13(15)19/h4-6,8H,3,7H2,1-2H3,(H2,15,19)(H,17,18). The normalized spacial score (nSPS) is 11.9. The van der Waals surface area contributed by atoms with Gasteiger partial charge in [0.15, 0.2) is 0 Å². The van der Waals surface area contributed by atoms with E-state index in [1.807, 2.05) is 6.92 Å². The molecule has 0 aromatic heterocycles. The highest BCUT2D eigenvalue weighted by atomic mass is 19.1. The Morgan fingerprint density at radius 1 is 1.47 bits per heavy atom. The van der Waals surface area contributed by atoms with Crippen molar-refractivity contribution < 1.29 is 19.1 Å². The van der Waals surface area contributed by atoms with Gasteiger partial charge in [-0.2, -0.15) is 0 Å². The molecule has 6 heteroatoms. The van der Waals surface area contributed by atoms with Gasteiger partial charge in [-0.15, -0.1) is 0 Å². The molecule has 19 heavy (non-hydrogen) atoms. The number of hydrogen-bond donors (Lipinski definition) is 2. The number of primary amides is 1. The quantitative estimate of drug-likeness (QED) is 0.821. The van der Waals surface area contributed by atoms with Gasteiger partial charge in [0, 0.05) is 6.04 Å². The monoisotopic (exact) mass is 268 g/mol. The molecule has 3 N–H and O–H groups in total. The summed E-state index contributed by atoms with van der Waals surface area (Å²) in [6.45, 7) is 3.36. The molecule has 0 fully saturated rings. The molecule has 0 saturated heterocycles.